The second-order valence-corrected chi connectivity index (χ2v) is 1.44. The Kier molecular flexibility index (Phi) is 5.66. The maximum atomic E-state index is 10.4. The highest BCUT2D eigenvalue weighted by Gasteiger charge is 1.99. The van der Waals surface area contributed by atoms with Crippen molar-refractivity contribution in [2.75, 3.05) is 19.8 Å². The lowest BCUT2D eigenvalue weighted by atomic mass is 10.7. The first kappa shape index (κ1) is 9.10. The van der Waals surface area contributed by atoms with E-state index in [-0.39, 0.29) is 13.2 Å². The molecule has 0 spiro atoms. The van der Waals surface area contributed by atoms with Gasteiger partial charge in [-0.1, -0.05) is 0 Å². The Morgan fingerprint density at radius 1 is 1.60 bits per heavy atom. The zero-order valence-corrected chi connectivity index (χ0v) is 5.75. The highest BCUT2D eigenvalue weighted by atomic mass is 16.6. The average Bonchev–Trinajstić information content (AvgIpc) is 1.89. The molecule has 4 nitrogen and oxygen atoms in total. The summed E-state index contributed by atoms with van der Waals surface area (Å²) in [6.07, 6.45) is 1.49. The van der Waals surface area contributed by atoms with Crippen LogP contribution >= 0.6 is 0 Å². The molecule has 0 atom stereocenters. The zero-order chi connectivity index (χ0) is 7.82. The molecule has 0 saturated heterocycles. The Morgan fingerprint density at radius 3 is 2.80 bits per heavy atom. The number of carbonyl (C=O) groups excluding carboxylic acids is 2. The Labute approximate surface area is 59.1 Å². The lowest BCUT2D eigenvalue weighted by Gasteiger charge is -1.98. The van der Waals surface area contributed by atoms with Gasteiger partial charge in [-0.15, -0.1) is 0 Å². The molecule has 0 aromatic carbocycles. The number of ether oxygens (including phenoxy) is 2. The van der Waals surface area contributed by atoms with Gasteiger partial charge in [0.05, 0.1) is 6.61 Å². The van der Waals surface area contributed by atoms with Crippen LogP contribution in [0.15, 0.2) is 0 Å². The molecule has 0 heterocycles. The van der Waals surface area contributed by atoms with Gasteiger partial charge in [-0.2, -0.15) is 0 Å². The van der Waals surface area contributed by atoms with Crippen molar-refractivity contribution >= 4 is 12.3 Å². The largest absolute Gasteiger partial charge is 0.464 e. The minimum absolute atomic E-state index is 0.178. The maximum absolute atomic E-state index is 10.4. The van der Waals surface area contributed by atoms with E-state index in [0.717, 1.165) is 0 Å². The van der Waals surface area contributed by atoms with Gasteiger partial charge in [-0.3, -0.25) is 4.79 Å². The second kappa shape index (κ2) is 6.22. The lowest BCUT2D eigenvalue weighted by molar-refractivity contribution is -0.147. The molecule has 1 radical (unpaired) electrons. The van der Waals surface area contributed by atoms with Crippen LogP contribution in [-0.4, -0.2) is 32.1 Å². The fourth-order valence-electron chi connectivity index (χ4n) is 0.379. The first-order valence-corrected chi connectivity index (χ1v) is 2.89. The summed E-state index contributed by atoms with van der Waals surface area (Å²) in [6.45, 7) is 1.67. The van der Waals surface area contributed by atoms with Crippen molar-refractivity contribution < 1.29 is 19.1 Å². The third-order valence-electron chi connectivity index (χ3n) is 0.686. The number of carbonyl (C=O) groups is 1. The van der Waals surface area contributed by atoms with E-state index in [0.29, 0.717) is 6.61 Å². The molecule has 0 N–H and O–H groups in total. The van der Waals surface area contributed by atoms with Crippen molar-refractivity contribution in [3.8, 4) is 0 Å². The van der Waals surface area contributed by atoms with Crippen molar-refractivity contribution in [2.45, 2.75) is 6.92 Å². The van der Waals surface area contributed by atoms with Crippen molar-refractivity contribution in [3.63, 3.8) is 0 Å². The van der Waals surface area contributed by atoms with Crippen LogP contribution in [0, 0.1) is 0 Å². The Hall–Kier alpha value is -0.900. The van der Waals surface area contributed by atoms with Crippen LogP contribution in [0.4, 0.5) is 0 Å². The van der Waals surface area contributed by atoms with Gasteiger partial charge < -0.3 is 9.47 Å². The van der Waals surface area contributed by atoms with E-state index in [2.05, 4.69) is 9.47 Å². The molecular formula is C6H9O4. The van der Waals surface area contributed by atoms with Crippen molar-refractivity contribution in [1.82, 2.24) is 0 Å². The maximum Gasteiger partial charge on any atom is 0.332 e. The summed E-state index contributed by atoms with van der Waals surface area (Å²) >= 11 is 0. The molecule has 4 heteroatoms. The summed E-state index contributed by atoms with van der Waals surface area (Å²) in [5, 5.41) is 0. The standard InChI is InChI=1S/C6H9O4/c1-2-10-6(8)5-9-4-3-7/h2,4-5H2,1H3. The third-order valence-corrected chi connectivity index (χ3v) is 0.686. The first-order chi connectivity index (χ1) is 4.81. The first-order valence-electron chi connectivity index (χ1n) is 2.89. The summed E-state index contributed by atoms with van der Waals surface area (Å²) in [7, 11) is 0. The van der Waals surface area contributed by atoms with Gasteiger partial charge in [-0.25, -0.2) is 4.79 Å². The lowest BCUT2D eigenvalue weighted by Crippen LogP contribution is -2.13. The summed E-state index contributed by atoms with van der Waals surface area (Å²) in [5.41, 5.74) is 0. The van der Waals surface area contributed by atoms with Gasteiger partial charge >= 0.3 is 5.97 Å². The number of hydrogen-bond donors (Lipinski definition) is 0. The van der Waals surface area contributed by atoms with E-state index < -0.39 is 5.97 Å². The van der Waals surface area contributed by atoms with Crippen LogP contribution in [0.5, 0.6) is 0 Å². The smallest absolute Gasteiger partial charge is 0.332 e. The second-order valence-electron chi connectivity index (χ2n) is 1.44. The molecule has 0 unspecified atom stereocenters. The molecule has 0 rings (SSSR count). The minimum atomic E-state index is -0.460. The van der Waals surface area contributed by atoms with E-state index in [1.165, 1.54) is 6.29 Å². The summed E-state index contributed by atoms with van der Waals surface area (Å²) in [5.74, 6) is -0.460. The van der Waals surface area contributed by atoms with Crippen molar-refractivity contribution in [1.29, 1.82) is 0 Å². The molecule has 0 aromatic heterocycles. The Balaban J connectivity index is 3.13. The molecule has 10 heavy (non-hydrogen) atoms. The Bertz CT molecular complexity index is 110. The van der Waals surface area contributed by atoms with Crippen LogP contribution in [0.25, 0.3) is 0 Å². The fraction of sp³-hybridized carbons (Fsp3) is 0.667. The molecule has 0 saturated carbocycles. The topological polar surface area (TPSA) is 52.6 Å². The summed E-state index contributed by atoms with van der Waals surface area (Å²) in [6, 6.07) is 0. The summed E-state index contributed by atoms with van der Waals surface area (Å²) < 4.78 is 8.99. The third kappa shape index (κ3) is 5.24. The van der Waals surface area contributed by atoms with Crippen LogP contribution in [-0.2, 0) is 19.1 Å². The SMILES string of the molecule is CCOC(=O)COC[C]=O. The van der Waals surface area contributed by atoms with Crippen molar-refractivity contribution in [2.24, 2.45) is 0 Å². The van der Waals surface area contributed by atoms with Gasteiger partial charge in [0.25, 0.3) is 0 Å². The van der Waals surface area contributed by atoms with Gasteiger partial charge in [0.2, 0.25) is 6.29 Å². The van der Waals surface area contributed by atoms with E-state index in [4.69, 9.17) is 0 Å². The van der Waals surface area contributed by atoms with Crippen LogP contribution < -0.4 is 0 Å². The monoisotopic (exact) mass is 145 g/mol. The van der Waals surface area contributed by atoms with Gasteiger partial charge in [0.1, 0.15) is 13.2 Å². The van der Waals surface area contributed by atoms with Gasteiger partial charge in [0.15, 0.2) is 0 Å². The molecule has 0 bridgehead atoms. The van der Waals surface area contributed by atoms with E-state index in [1.807, 2.05) is 0 Å². The normalized spacial score (nSPS) is 8.90. The molecule has 0 amide bonds. The summed E-state index contributed by atoms with van der Waals surface area (Å²) in [4.78, 5) is 20.0. The predicted octanol–water partition coefficient (Wildman–Crippen LogP) is -0.324. The quantitative estimate of drug-likeness (QED) is 0.393. The predicted molar refractivity (Wildman–Crippen MR) is 33.1 cm³/mol. The molecule has 0 aliphatic carbocycles. The van der Waals surface area contributed by atoms with Crippen LogP contribution in [0.2, 0.25) is 0 Å². The van der Waals surface area contributed by atoms with E-state index in [1.54, 1.807) is 6.92 Å². The van der Waals surface area contributed by atoms with Crippen LogP contribution in [0.1, 0.15) is 6.92 Å². The minimum Gasteiger partial charge on any atom is -0.464 e. The number of rotatable bonds is 5. The Morgan fingerprint density at radius 2 is 2.30 bits per heavy atom. The van der Waals surface area contributed by atoms with Crippen LogP contribution in [0.3, 0.4) is 0 Å². The van der Waals surface area contributed by atoms with E-state index in [9.17, 15) is 9.59 Å². The fourth-order valence-corrected chi connectivity index (χ4v) is 0.379. The van der Waals surface area contributed by atoms with Gasteiger partial charge in [-0.05, 0) is 6.92 Å². The highest BCUT2D eigenvalue weighted by molar-refractivity contribution is 5.70. The molecule has 0 aliphatic heterocycles. The van der Waals surface area contributed by atoms with E-state index >= 15 is 0 Å². The van der Waals surface area contributed by atoms with Crippen molar-refractivity contribution in [3.05, 3.63) is 0 Å². The number of hydrogen-bond acceptors (Lipinski definition) is 4. The molecule has 0 aromatic rings. The molecule has 0 fully saturated rings. The molecule has 57 valence electrons. The average molecular weight is 145 g/mol. The zero-order valence-electron chi connectivity index (χ0n) is 5.75. The number of esters is 1. The molecule has 0 aliphatic rings. The highest BCUT2D eigenvalue weighted by Crippen LogP contribution is 1.78. The van der Waals surface area contributed by atoms with Gasteiger partial charge in [0, 0.05) is 0 Å². The molecular weight excluding hydrogens is 136 g/mol.